The van der Waals surface area contributed by atoms with Gasteiger partial charge in [-0.15, -0.1) is 0 Å². The number of esters is 1. The fraction of sp³-hybridized carbons (Fsp3) is 0.412. The van der Waals surface area contributed by atoms with E-state index < -0.39 is 17.0 Å². The minimum atomic E-state index is -1.35. The summed E-state index contributed by atoms with van der Waals surface area (Å²) in [4.78, 5) is 11.7. The standard InChI is InChI=1S/C17H17NO3/c1-3-21-15(19)14-6-4-5-13(11-14)7-8-16(2,20)17(12-18)9-10-17/h4-6,11,20H,3,9-10H2,1-2H3/t16-/m0/s1. The molecule has 2 rings (SSSR count). The van der Waals surface area contributed by atoms with Gasteiger partial charge in [-0.3, -0.25) is 0 Å². The molecule has 0 saturated heterocycles. The van der Waals surface area contributed by atoms with Crippen LogP contribution in [0.2, 0.25) is 0 Å². The van der Waals surface area contributed by atoms with E-state index in [2.05, 4.69) is 17.9 Å². The van der Waals surface area contributed by atoms with Crippen LogP contribution in [-0.4, -0.2) is 23.3 Å². The lowest BCUT2D eigenvalue weighted by atomic mass is 9.87. The third kappa shape index (κ3) is 3.07. The van der Waals surface area contributed by atoms with Crippen LogP contribution in [-0.2, 0) is 4.74 Å². The van der Waals surface area contributed by atoms with Crippen LogP contribution >= 0.6 is 0 Å². The molecule has 1 aromatic carbocycles. The Morgan fingerprint density at radius 1 is 1.52 bits per heavy atom. The van der Waals surface area contributed by atoms with E-state index in [0.29, 0.717) is 30.6 Å². The maximum Gasteiger partial charge on any atom is 0.338 e. The van der Waals surface area contributed by atoms with E-state index in [1.165, 1.54) is 0 Å². The number of carbonyl (C=O) groups excluding carboxylic acids is 1. The van der Waals surface area contributed by atoms with E-state index >= 15 is 0 Å². The quantitative estimate of drug-likeness (QED) is 0.682. The summed E-state index contributed by atoms with van der Waals surface area (Å²) in [5.41, 5.74) is -1.07. The fourth-order valence-electron chi connectivity index (χ4n) is 2.08. The molecule has 0 amide bonds. The molecular weight excluding hydrogens is 266 g/mol. The molecule has 1 aliphatic carbocycles. The highest BCUT2D eigenvalue weighted by Crippen LogP contribution is 2.53. The molecule has 0 bridgehead atoms. The van der Waals surface area contributed by atoms with Gasteiger partial charge in [0.1, 0.15) is 5.60 Å². The van der Waals surface area contributed by atoms with Crippen LogP contribution in [0.1, 0.15) is 42.6 Å². The van der Waals surface area contributed by atoms with Crippen molar-refractivity contribution in [1.29, 1.82) is 5.26 Å². The number of aliphatic hydroxyl groups is 1. The molecule has 21 heavy (non-hydrogen) atoms. The fourth-order valence-corrected chi connectivity index (χ4v) is 2.08. The van der Waals surface area contributed by atoms with Crippen LogP contribution in [0.25, 0.3) is 0 Å². The molecule has 4 nitrogen and oxygen atoms in total. The Hall–Kier alpha value is -2.30. The number of hydrogen-bond acceptors (Lipinski definition) is 4. The van der Waals surface area contributed by atoms with Crippen LogP contribution in [0.4, 0.5) is 0 Å². The first-order valence-corrected chi connectivity index (χ1v) is 6.88. The summed E-state index contributed by atoms with van der Waals surface area (Å²) in [5.74, 6) is 5.20. The summed E-state index contributed by atoms with van der Waals surface area (Å²) >= 11 is 0. The molecule has 0 aromatic heterocycles. The summed E-state index contributed by atoms with van der Waals surface area (Å²) in [6.07, 6.45) is 1.32. The van der Waals surface area contributed by atoms with Gasteiger partial charge in [-0.1, -0.05) is 17.9 Å². The molecular formula is C17H17NO3. The summed E-state index contributed by atoms with van der Waals surface area (Å²) in [6.45, 7) is 3.62. The highest BCUT2D eigenvalue weighted by Gasteiger charge is 2.56. The molecule has 1 fully saturated rings. The van der Waals surface area contributed by atoms with Crippen molar-refractivity contribution in [3.8, 4) is 17.9 Å². The normalized spacial score (nSPS) is 17.6. The van der Waals surface area contributed by atoms with Crippen LogP contribution < -0.4 is 0 Å². The highest BCUT2D eigenvalue weighted by atomic mass is 16.5. The molecule has 4 heteroatoms. The molecule has 0 radical (unpaired) electrons. The summed E-state index contributed by atoms with van der Waals surface area (Å²) < 4.78 is 4.93. The summed E-state index contributed by atoms with van der Waals surface area (Å²) in [5, 5.41) is 19.5. The SMILES string of the molecule is CCOC(=O)c1cccc(C#C[C@](C)(O)C2(C#N)CC2)c1. The zero-order chi connectivity index (χ0) is 15.5. The molecule has 0 heterocycles. The van der Waals surface area contributed by atoms with Crippen molar-refractivity contribution in [3.63, 3.8) is 0 Å². The third-order valence-electron chi connectivity index (χ3n) is 3.72. The van der Waals surface area contributed by atoms with Gasteiger partial charge in [0.25, 0.3) is 0 Å². The van der Waals surface area contributed by atoms with Gasteiger partial charge >= 0.3 is 5.97 Å². The lowest BCUT2D eigenvalue weighted by Gasteiger charge is -2.21. The maximum absolute atomic E-state index is 11.7. The lowest BCUT2D eigenvalue weighted by molar-refractivity contribution is 0.0526. The van der Waals surface area contributed by atoms with E-state index in [4.69, 9.17) is 10.00 Å². The number of nitriles is 1. The molecule has 108 valence electrons. The number of carbonyl (C=O) groups is 1. The second-order valence-electron chi connectivity index (χ2n) is 5.32. The van der Waals surface area contributed by atoms with Crippen LogP contribution in [0.3, 0.4) is 0 Å². The molecule has 1 N–H and O–H groups in total. The third-order valence-corrected chi connectivity index (χ3v) is 3.72. The molecule has 1 atom stereocenters. The molecule has 1 aromatic rings. The van der Waals surface area contributed by atoms with Crippen molar-refractivity contribution in [2.75, 3.05) is 6.61 Å². The number of ether oxygens (including phenoxy) is 1. The Bertz CT molecular complexity index is 655. The van der Waals surface area contributed by atoms with E-state index in [1.54, 1.807) is 38.1 Å². The topological polar surface area (TPSA) is 70.3 Å². The predicted octanol–water partition coefficient (Wildman–Crippen LogP) is 2.27. The predicted molar refractivity (Wildman–Crippen MR) is 77.2 cm³/mol. The Balaban J connectivity index is 2.22. The Morgan fingerprint density at radius 2 is 2.24 bits per heavy atom. The average molecular weight is 283 g/mol. The minimum absolute atomic E-state index is 0.314. The number of rotatable bonds is 3. The molecule has 0 aliphatic heterocycles. The van der Waals surface area contributed by atoms with Gasteiger partial charge in [-0.25, -0.2) is 4.79 Å². The second kappa shape index (κ2) is 5.60. The van der Waals surface area contributed by atoms with Crippen molar-refractivity contribution in [2.45, 2.75) is 32.3 Å². The van der Waals surface area contributed by atoms with Gasteiger partial charge in [0.05, 0.1) is 23.7 Å². The van der Waals surface area contributed by atoms with Gasteiger partial charge in [0, 0.05) is 5.56 Å². The Labute approximate surface area is 124 Å². The van der Waals surface area contributed by atoms with E-state index in [-0.39, 0.29) is 0 Å². The highest BCUT2D eigenvalue weighted by molar-refractivity contribution is 5.89. The Kier molecular flexibility index (Phi) is 4.02. The van der Waals surface area contributed by atoms with Gasteiger partial charge in [0.15, 0.2) is 0 Å². The van der Waals surface area contributed by atoms with Crippen molar-refractivity contribution in [1.82, 2.24) is 0 Å². The van der Waals surface area contributed by atoms with E-state index in [1.807, 2.05) is 0 Å². The van der Waals surface area contributed by atoms with Crippen molar-refractivity contribution >= 4 is 5.97 Å². The first-order chi connectivity index (χ1) is 9.94. The number of benzene rings is 1. The summed E-state index contributed by atoms with van der Waals surface area (Å²) in [6, 6.07) is 8.88. The zero-order valence-corrected chi connectivity index (χ0v) is 12.1. The van der Waals surface area contributed by atoms with Gasteiger partial charge in [-0.05, 0) is 44.9 Å². The molecule has 1 aliphatic rings. The monoisotopic (exact) mass is 283 g/mol. The minimum Gasteiger partial charge on any atom is -0.462 e. The maximum atomic E-state index is 11.7. The molecule has 1 saturated carbocycles. The molecule has 0 unspecified atom stereocenters. The van der Waals surface area contributed by atoms with Crippen molar-refractivity contribution in [2.24, 2.45) is 5.41 Å². The van der Waals surface area contributed by atoms with Gasteiger partial charge < -0.3 is 9.84 Å². The first kappa shape index (κ1) is 15.1. The van der Waals surface area contributed by atoms with Crippen LogP contribution in [0, 0.1) is 28.6 Å². The van der Waals surface area contributed by atoms with Gasteiger partial charge in [-0.2, -0.15) is 5.26 Å². The second-order valence-corrected chi connectivity index (χ2v) is 5.32. The van der Waals surface area contributed by atoms with E-state index in [9.17, 15) is 9.90 Å². The first-order valence-electron chi connectivity index (χ1n) is 6.88. The summed E-state index contributed by atoms with van der Waals surface area (Å²) in [7, 11) is 0. The Morgan fingerprint density at radius 3 is 2.81 bits per heavy atom. The average Bonchev–Trinajstić information content (AvgIpc) is 3.27. The van der Waals surface area contributed by atoms with Crippen LogP contribution in [0.15, 0.2) is 24.3 Å². The molecule has 0 spiro atoms. The van der Waals surface area contributed by atoms with Crippen LogP contribution in [0.5, 0.6) is 0 Å². The number of hydrogen-bond donors (Lipinski definition) is 1. The van der Waals surface area contributed by atoms with E-state index in [0.717, 1.165) is 0 Å². The number of nitrogens with zero attached hydrogens (tertiary/aromatic N) is 1. The lowest BCUT2D eigenvalue weighted by Crippen LogP contribution is -2.33. The van der Waals surface area contributed by atoms with Crippen molar-refractivity contribution < 1.29 is 14.6 Å². The van der Waals surface area contributed by atoms with Gasteiger partial charge in [0.2, 0.25) is 0 Å². The van der Waals surface area contributed by atoms with Crippen molar-refractivity contribution in [3.05, 3.63) is 35.4 Å². The smallest absolute Gasteiger partial charge is 0.338 e. The zero-order valence-electron chi connectivity index (χ0n) is 12.1. The largest absolute Gasteiger partial charge is 0.462 e.